The summed E-state index contributed by atoms with van der Waals surface area (Å²) in [5.74, 6) is 0.472. The first-order valence-corrected chi connectivity index (χ1v) is 9.90. The topological polar surface area (TPSA) is 74.5 Å². The zero-order valence-electron chi connectivity index (χ0n) is 15.0. The zero-order chi connectivity index (χ0) is 20.4. The van der Waals surface area contributed by atoms with Crippen LogP contribution >= 0.6 is 28.1 Å². The Morgan fingerprint density at radius 1 is 0.931 bits per heavy atom. The highest BCUT2D eigenvalue weighted by Crippen LogP contribution is 2.29. The molecule has 3 aromatic carbocycles. The molecule has 3 N–H and O–H groups in total. The van der Waals surface area contributed by atoms with Gasteiger partial charge in [-0.05, 0) is 48.6 Å². The van der Waals surface area contributed by atoms with Crippen LogP contribution in [0.1, 0.15) is 10.6 Å². The number of halogens is 1. The first-order chi connectivity index (χ1) is 14.0. The van der Waals surface area contributed by atoms with E-state index in [1.165, 1.54) is 0 Å². The molecule has 1 aromatic heterocycles. The highest BCUT2D eigenvalue weighted by atomic mass is 79.9. The monoisotopic (exact) mass is 466 g/mol. The highest BCUT2D eigenvalue weighted by molar-refractivity contribution is 9.10. The van der Waals surface area contributed by atoms with Crippen molar-refractivity contribution in [1.82, 2.24) is 5.32 Å². The molecule has 1 amide bonds. The van der Waals surface area contributed by atoms with Crippen molar-refractivity contribution >= 4 is 55.6 Å². The third-order valence-electron chi connectivity index (χ3n) is 4.33. The number of phenols is 1. The molecule has 0 aliphatic carbocycles. The van der Waals surface area contributed by atoms with Crippen LogP contribution in [0.3, 0.4) is 0 Å². The van der Waals surface area contributed by atoms with Crippen molar-refractivity contribution in [1.29, 1.82) is 0 Å². The van der Waals surface area contributed by atoms with Crippen molar-refractivity contribution in [2.24, 2.45) is 0 Å². The molecule has 4 rings (SSSR count). The fourth-order valence-electron chi connectivity index (χ4n) is 2.95. The van der Waals surface area contributed by atoms with Gasteiger partial charge in [-0.1, -0.05) is 52.3 Å². The van der Waals surface area contributed by atoms with Gasteiger partial charge in [-0.15, -0.1) is 0 Å². The first-order valence-electron chi connectivity index (χ1n) is 8.70. The van der Waals surface area contributed by atoms with Gasteiger partial charge in [-0.25, -0.2) is 0 Å². The van der Waals surface area contributed by atoms with Gasteiger partial charge in [0, 0.05) is 26.5 Å². The number of aromatic hydroxyl groups is 1. The molecule has 4 aromatic rings. The molecule has 0 radical (unpaired) electrons. The molecule has 0 saturated heterocycles. The second kappa shape index (κ2) is 8.06. The number of hydrogen-bond acceptors (Lipinski definition) is 4. The summed E-state index contributed by atoms with van der Waals surface area (Å²) in [5.41, 5.74) is 1.54. The minimum atomic E-state index is -0.450. The predicted molar refractivity (Wildman–Crippen MR) is 121 cm³/mol. The van der Waals surface area contributed by atoms with E-state index in [1.807, 2.05) is 42.5 Å². The summed E-state index contributed by atoms with van der Waals surface area (Å²) in [7, 11) is 0. The summed E-state index contributed by atoms with van der Waals surface area (Å²) in [6.45, 7) is 0. The SMILES string of the molecule is O=C(NC(=S)Nc1cccc2c(O)cccc12)c1ccc(-c2ccc(Br)cc2)o1. The van der Waals surface area contributed by atoms with Gasteiger partial charge >= 0.3 is 0 Å². The minimum absolute atomic E-state index is 0.132. The first kappa shape index (κ1) is 19.2. The Morgan fingerprint density at radius 3 is 2.45 bits per heavy atom. The summed E-state index contributed by atoms with van der Waals surface area (Å²) in [5, 5.41) is 17.2. The Balaban J connectivity index is 1.47. The van der Waals surface area contributed by atoms with E-state index in [4.69, 9.17) is 16.6 Å². The maximum Gasteiger partial charge on any atom is 0.293 e. The number of rotatable bonds is 3. The molecule has 0 bridgehead atoms. The predicted octanol–water partition coefficient (Wildman–Crippen LogP) is 5.69. The van der Waals surface area contributed by atoms with Crippen LogP contribution in [0.15, 0.2) is 81.7 Å². The molecule has 7 heteroatoms. The van der Waals surface area contributed by atoms with Gasteiger partial charge < -0.3 is 14.8 Å². The van der Waals surface area contributed by atoms with Crippen LogP contribution in [-0.4, -0.2) is 16.1 Å². The molecule has 29 heavy (non-hydrogen) atoms. The average Bonchev–Trinajstić information content (AvgIpc) is 3.20. The number of thiocarbonyl (C=S) groups is 1. The van der Waals surface area contributed by atoms with Crippen LogP contribution in [0.2, 0.25) is 0 Å². The third kappa shape index (κ3) is 4.16. The van der Waals surface area contributed by atoms with Gasteiger partial charge in [0.05, 0.1) is 0 Å². The van der Waals surface area contributed by atoms with E-state index in [0.717, 1.165) is 15.4 Å². The number of carbonyl (C=O) groups is 1. The van der Waals surface area contributed by atoms with Crippen LogP contribution in [0.25, 0.3) is 22.1 Å². The van der Waals surface area contributed by atoms with Crippen LogP contribution in [0, 0.1) is 0 Å². The number of fused-ring (bicyclic) bond motifs is 1. The number of furan rings is 1. The fourth-order valence-corrected chi connectivity index (χ4v) is 3.42. The second-order valence-electron chi connectivity index (χ2n) is 6.26. The van der Waals surface area contributed by atoms with Crippen LogP contribution in [0.4, 0.5) is 5.69 Å². The van der Waals surface area contributed by atoms with E-state index < -0.39 is 5.91 Å². The molecule has 0 aliphatic heterocycles. The maximum absolute atomic E-state index is 12.5. The quantitative estimate of drug-likeness (QED) is 0.338. The van der Waals surface area contributed by atoms with Crippen molar-refractivity contribution in [2.75, 3.05) is 5.32 Å². The van der Waals surface area contributed by atoms with Gasteiger partial charge in [0.1, 0.15) is 11.5 Å². The number of amides is 1. The minimum Gasteiger partial charge on any atom is -0.507 e. The van der Waals surface area contributed by atoms with Gasteiger partial charge in [-0.2, -0.15) is 0 Å². The molecule has 1 heterocycles. The number of hydrogen-bond donors (Lipinski definition) is 3. The van der Waals surface area contributed by atoms with Gasteiger partial charge in [0.25, 0.3) is 5.91 Å². The molecule has 144 valence electrons. The summed E-state index contributed by atoms with van der Waals surface area (Å²) < 4.78 is 6.62. The summed E-state index contributed by atoms with van der Waals surface area (Å²) in [6.07, 6.45) is 0. The Hall–Kier alpha value is -3.16. The van der Waals surface area contributed by atoms with E-state index in [1.54, 1.807) is 30.3 Å². The Labute approximate surface area is 180 Å². The smallest absolute Gasteiger partial charge is 0.293 e. The van der Waals surface area contributed by atoms with Crippen molar-refractivity contribution in [2.45, 2.75) is 0 Å². The van der Waals surface area contributed by atoms with E-state index in [2.05, 4.69) is 26.6 Å². The zero-order valence-corrected chi connectivity index (χ0v) is 17.4. The van der Waals surface area contributed by atoms with Gasteiger partial charge in [0.15, 0.2) is 10.9 Å². The standard InChI is InChI=1S/C22H15BrN2O3S/c23-14-9-7-13(8-10-14)19-11-12-20(28-19)21(27)25-22(29)24-17-5-1-4-16-15(17)3-2-6-18(16)26/h1-12,26H,(H2,24,25,27,29). The van der Waals surface area contributed by atoms with Crippen LogP contribution in [-0.2, 0) is 0 Å². The van der Waals surface area contributed by atoms with E-state index in [0.29, 0.717) is 16.8 Å². The molecule has 0 unspecified atom stereocenters. The molecular formula is C22H15BrN2O3S. The Morgan fingerprint density at radius 2 is 1.66 bits per heavy atom. The highest BCUT2D eigenvalue weighted by Gasteiger charge is 2.14. The van der Waals surface area contributed by atoms with Crippen molar-refractivity contribution in [3.8, 4) is 17.1 Å². The normalized spacial score (nSPS) is 10.7. The van der Waals surface area contributed by atoms with Gasteiger partial charge in [-0.3, -0.25) is 10.1 Å². The fraction of sp³-hybridized carbons (Fsp3) is 0. The number of carbonyl (C=O) groups excluding carboxylic acids is 1. The van der Waals surface area contributed by atoms with Crippen LogP contribution in [0.5, 0.6) is 5.75 Å². The molecule has 0 atom stereocenters. The Kier molecular flexibility index (Phi) is 5.33. The number of phenolic OH excluding ortho intramolecular Hbond substituents is 1. The summed E-state index contributed by atoms with van der Waals surface area (Å²) in [6, 6.07) is 21.6. The molecular weight excluding hydrogens is 452 g/mol. The largest absolute Gasteiger partial charge is 0.507 e. The lowest BCUT2D eigenvalue weighted by molar-refractivity contribution is 0.0951. The lowest BCUT2D eigenvalue weighted by atomic mass is 10.1. The molecule has 0 spiro atoms. The number of nitrogens with one attached hydrogen (secondary N) is 2. The van der Waals surface area contributed by atoms with Crippen molar-refractivity contribution in [3.05, 3.63) is 83.0 Å². The number of anilines is 1. The van der Waals surface area contributed by atoms with Crippen LogP contribution < -0.4 is 10.6 Å². The van der Waals surface area contributed by atoms with Gasteiger partial charge in [0.2, 0.25) is 0 Å². The lowest BCUT2D eigenvalue weighted by Crippen LogP contribution is -2.33. The van der Waals surface area contributed by atoms with E-state index >= 15 is 0 Å². The molecule has 5 nitrogen and oxygen atoms in total. The summed E-state index contributed by atoms with van der Waals surface area (Å²) >= 11 is 8.66. The Bertz CT molecular complexity index is 1220. The van der Waals surface area contributed by atoms with E-state index in [-0.39, 0.29) is 16.6 Å². The average molecular weight is 467 g/mol. The summed E-state index contributed by atoms with van der Waals surface area (Å²) in [4.78, 5) is 12.5. The molecule has 0 fully saturated rings. The number of benzene rings is 3. The van der Waals surface area contributed by atoms with Crippen molar-refractivity contribution < 1.29 is 14.3 Å². The van der Waals surface area contributed by atoms with E-state index in [9.17, 15) is 9.90 Å². The molecule has 0 saturated carbocycles. The third-order valence-corrected chi connectivity index (χ3v) is 5.07. The second-order valence-corrected chi connectivity index (χ2v) is 7.58. The maximum atomic E-state index is 12.5. The molecule has 0 aliphatic rings. The van der Waals surface area contributed by atoms with Crippen molar-refractivity contribution in [3.63, 3.8) is 0 Å². The lowest BCUT2D eigenvalue weighted by Gasteiger charge is -2.11.